The lowest BCUT2D eigenvalue weighted by atomic mass is 10.1. The molecule has 0 aromatic heterocycles. The standard InChI is InChI=1S/C29H32Cl3N3O4S/c1-5-20(3)33-29(37)21(4)34(17-22-10-11-24(31)16-26(22)32)28(36)18-35(27-9-7-6-8-19(27)2)40(38,39)25-14-12-23(30)13-15-25/h6-16,20-21H,5,17-18H2,1-4H3,(H,33,37)/t20-,21+/m1/s1. The molecule has 0 saturated heterocycles. The molecule has 0 saturated carbocycles. The lowest BCUT2D eigenvalue weighted by Gasteiger charge is -2.33. The van der Waals surface area contributed by atoms with Gasteiger partial charge in [-0.05, 0) is 80.8 Å². The summed E-state index contributed by atoms with van der Waals surface area (Å²) in [5.41, 5.74) is 1.56. The number of anilines is 1. The van der Waals surface area contributed by atoms with E-state index in [2.05, 4.69) is 5.32 Å². The highest BCUT2D eigenvalue weighted by atomic mass is 35.5. The lowest BCUT2D eigenvalue weighted by Crippen LogP contribution is -2.52. The van der Waals surface area contributed by atoms with Crippen LogP contribution in [0.25, 0.3) is 0 Å². The second-order valence-electron chi connectivity index (χ2n) is 9.50. The van der Waals surface area contributed by atoms with Crippen molar-refractivity contribution in [1.29, 1.82) is 0 Å². The van der Waals surface area contributed by atoms with Gasteiger partial charge in [-0.2, -0.15) is 0 Å². The van der Waals surface area contributed by atoms with Crippen molar-refractivity contribution in [1.82, 2.24) is 10.2 Å². The molecular weight excluding hydrogens is 593 g/mol. The van der Waals surface area contributed by atoms with Crippen molar-refractivity contribution in [2.45, 2.75) is 57.6 Å². The maximum Gasteiger partial charge on any atom is 0.264 e. The quantitative estimate of drug-likeness (QED) is 0.265. The van der Waals surface area contributed by atoms with E-state index in [0.717, 1.165) is 4.31 Å². The van der Waals surface area contributed by atoms with Crippen molar-refractivity contribution < 1.29 is 18.0 Å². The average molecular weight is 625 g/mol. The van der Waals surface area contributed by atoms with Crippen LogP contribution in [-0.4, -0.2) is 43.8 Å². The van der Waals surface area contributed by atoms with Crippen LogP contribution in [0.2, 0.25) is 15.1 Å². The fourth-order valence-electron chi connectivity index (χ4n) is 3.97. The van der Waals surface area contributed by atoms with Gasteiger partial charge in [-0.3, -0.25) is 13.9 Å². The number of aryl methyl sites for hydroxylation is 1. The van der Waals surface area contributed by atoms with Crippen LogP contribution in [0.5, 0.6) is 0 Å². The van der Waals surface area contributed by atoms with Gasteiger partial charge in [-0.25, -0.2) is 8.42 Å². The molecule has 2 atom stereocenters. The lowest BCUT2D eigenvalue weighted by molar-refractivity contribution is -0.139. The molecule has 3 rings (SSSR count). The predicted molar refractivity (Wildman–Crippen MR) is 162 cm³/mol. The molecule has 0 aliphatic rings. The molecule has 11 heteroatoms. The maximum atomic E-state index is 14.0. The summed E-state index contributed by atoms with van der Waals surface area (Å²) in [5.74, 6) is -0.950. The van der Waals surface area contributed by atoms with E-state index >= 15 is 0 Å². The fourth-order valence-corrected chi connectivity index (χ4v) is 6.04. The van der Waals surface area contributed by atoms with Crippen molar-refractivity contribution in [3.8, 4) is 0 Å². The number of hydrogen-bond acceptors (Lipinski definition) is 4. The van der Waals surface area contributed by atoms with E-state index in [4.69, 9.17) is 34.8 Å². The minimum absolute atomic E-state index is 0.0252. The highest BCUT2D eigenvalue weighted by molar-refractivity contribution is 7.92. The zero-order valence-electron chi connectivity index (χ0n) is 22.7. The molecule has 7 nitrogen and oxygen atoms in total. The van der Waals surface area contributed by atoms with Crippen molar-refractivity contribution in [3.05, 3.63) is 92.9 Å². The Bertz CT molecular complexity index is 1470. The minimum Gasteiger partial charge on any atom is -0.352 e. The monoisotopic (exact) mass is 623 g/mol. The van der Waals surface area contributed by atoms with E-state index in [1.54, 1.807) is 56.3 Å². The second-order valence-corrected chi connectivity index (χ2v) is 12.6. The molecule has 40 heavy (non-hydrogen) atoms. The molecule has 0 heterocycles. The number of amides is 2. The van der Waals surface area contributed by atoms with E-state index in [1.165, 1.54) is 29.2 Å². The predicted octanol–water partition coefficient (Wildman–Crippen LogP) is 6.48. The summed E-state index contributed by atoms with van der Waals surface area (Å²) in [6.45, 7) is 6.58. The Morgan fingerprint density at radius 3 is 2.15 bits per heavy atom. The van der Waals surface area contributed by atoms with Gasteiger partial charge in [0.25, 0.3) is 10.0 Å². The van der Waals surface area contributed by atoms with Crippen LogP contribution in [0, 0.1) is 6.92 Å². The summed E-state index contributed by atoms with van der Waals surface area (Å²) in [6, 6.07) is 16.4. The van der Waals surface area contributed by atoms with E-state index in [0.29, 0.717) is 38.3 Å². The van der Waals surface area contributed by atoms with E-state index < -0.39 is 28.5 Å². The summed E-state index contributed by atoms with van der Waals surface area (Å²) in [7, 11) is -4.19. The van der Waals surface area contributed by atoms with Crippen LogP contribution >= 0.6 is 34.8 Å². The van der Waals surface area contributed by atoms with Crippen LogP contribution in [-0.2, 0) is 26.2 Å². The number of para-hydroxylation sites is 1. The van der Waals surface area contributed by atoms with Crippen molar-refractivity contribution in [2.24, 2.45) is 0 Å². The number of carbonyl (C=O) groups excluding carboxylic acids is 2. The fraction of sp³-hybridized carbons (Fsp3) is 0.310. The third-order valence-electron chi connectivity index (χ3n) is 6.59. The highest BCUT2D eigenvalue weighted by Gasteiger charge is 2.33. The van der Waals surface area contributed by atoms with E-state index in [9.17, 15) is 18.0 Å². The number of sulfonamides is 1. The van der Waals surface area contributed by atoms with Gasteiger partial charge in [0.2, 0.25) is 11.8 Å². The van der Waals surface area contributed by atoms with Crippen molar-refractivity contribution in [2.75, 3.05) is 10.8 Å². The van der Waals surface area contributed by atoms with Gasteiger partial charge in [0.1, 0.15) is 12.6 Å². The van der Waals surface area contributed by atoms with Gasteiger partial charge in [0.05, 0.1) is 10.6 Å². The van der Waals surface area contributed by atoms with Gasteiger partial charge in [-0.1, -0.05) is 66.0 Å². The largest absolute Gasteiger partial charge is 0.352 e. The number of nitrogens with one attached hydrogen (secondary N) is 1. The highest BCUT2D eigenvalue weighted by Crippen LogP contribution is 2.29. The van der Waals surface area contributed by atoms with Gasteiger partial charge in [-0.15, -0.1) is 0 Å². The summed E-state index contributed by atoms with van der Waals surface area (Å²) in [6.07, 6.45) is 0.704. The van der Waals surface area contributed by atoms with E-state index in [1.807, 2.05) is 13.8 Å². The Morgan fingerprint density at radius 2 is 1.55 bits per heavy atom. The van der Waals surface area contributed by atoms with Crippen LogP contribution in [0.15, 0.2) is 71.6 Å². The smallest absolute Gasteiger partial charge is 0.264 e. The van der Waals surface area contributed by atoms with Crippen LogP contribution in [0.1, 0.15) is 38.3 Å². The first-order chi connectivity index (χ1) is 18.8. The summed E-state index contributed by atoms with van der Waals surface area (Å²) in [5, 5.41) is 4.03. The Balaban J connectivity index is 2.06. The molecule has 0 bridgehead atoms. The van der Waals surface area contributed by atoms with Crippen molar-refractivity contribution >= 4 is 62.3 Å². The molecule has 3 aromatic carbocycles. The first kappa shape index (κ1) is 31.7. The third kappa shape index (κ3) is 7.69. The third-order valence-corrected chi connectivity index (χ3v) is 9.20. The number of rotatable bonds is 11. The van der Waals surface area contributed by atoms with Gasteiger partial charge in [0.15, 0.2) is 0 Å². The molecule has 0 unspecified atom stereocenters. The number of carbonyl (C=O) groups is 2. The normalized spacial score (nSPS) is 12.9. The molecule has 214 valence electrons. The Kier molecular flexibility index (Phi) is 10.9. The molecule has 0 aliphatic carbocycles. The van der Waals surface area contributed by atoms with Crippen LogP contribution < -0.4 is 9.62 Å². The van der Waals surface area contributed by atoms with Crippen LogP contribution in [0.4, 0.5) is 5.69 Å². The first-order valence-corrected chi connectivity index (χ1v) is 15.3. The molecule has 0 radical (unpaired) electrons. The van der Waals surface area contributed by atoms with Gasteiger partial charge in [0, 0.05) is 27.7 Å². The van der Waals surface area contributed by atoms with E-state index in [-0.39, 0.29) is 23.4 Å². The Labute approximate surface area is 251 Å². The van der Waals surface area contributed by atoms with Crippen molar-refractivity contribution in [3.63, 3.8) is 0 Å². The zero-order valence-corrected chi connectivity index (χ0v) is 25.8. The Morgan fingerprint density at radius 1 is 0.925 bits per heavy atom. The Hall–Kier alpha value is -2.78. The van der Waals surface area contributed by atoms with Crippen LogP contribution in [0.3, 0.4) is 0 Å². The topological polar surface area (TPSA) is 86.8 Å². The molecule has 0 aliphatic heterocycles. The maximum absolute atomic E-state index is 14.0. The molecular formula is C29H32Cl3N3O4S. The first-order valence-electron chi connectivity index (χ1n) is 12.7. The number of hydrogen-bond donors (Lipinski definition) is 1. The van der Waals surface area contributed by atoms with Gasteiger partial charge >= 0.3 is 0 Å². The summed E-state index contributed by atoms with van der Waals surface area (Å²) >= 11 is 18.5. The summed E-state index contributed by atoms with van der Waals surface area (Å²) < 4.78 is 28.8. The number of halogens is 3. The molecule has 2 amide bonds. The average Bonchev–Trinajstić information content (AvgIpc) is 2.91. The molecule has 1 N–H and O–H groups in total. The molecule has 0 fully saturated rings. The second kappa shape index (κ2) is 13.7. The van der Waals surface area contributed by atoms with Gasteiger partial charge < -0.3 is 10.2 Å². The molecule has 0 spiro atoms. The zero-order chi connectivity index (χ0) is 29.6. The number of nitrogens with zero attached hydrogens (tertiary/aromatic N) is 2. The SMILES string of the molecule is CC[C@@H](C)NC(=O)[C@H](C)N(Cc1ccc(Cl)cc1Cl)C(=O)CN(c1ccccc1C)S(=O)(=O)c1ccc(Cl)cc1. The summed E-state index contributed by atoms with van der Waals surface area (Å²) in [4.78, 5) is 28.5. The minimum atomic E-state index is -4.19. The molecule has 3 aromatic rings. The number of benzene rings is 3.